The predicted molar refractivity (Wildman–Crippen MR) is 95.0 cm³/mol. The number of carbonyl (C=O) groups is 2. The van der Waals surface area contributed by atoms with Gasteiger partial charge in [0.05, 0.1) is 25.6 Å². The van der Waals surface area contributed by atoms with Gasteiger partial charge in [0.15, 0.2) is 0 Å². The molecule has 138 valence electrons. The van der Waals surface area contributed by atoms with E-state index in [0.29, 0.717) is 28.7 Å². The number of benzene rings is 1. The van der Waals surface area contributed by atoms with Crippen molar-refractivity contribution in [1.82, 2.24) is 20.2 Å². The van der Waals surface area contributed by atoms with Crippen LogP contribution >= 0.6 is 15.9 Å². The summed E-state index contributed by atoms with van der Waals surface area (Å²) in [4.78, 5) is 32.7. The topological polar surface area (TPSA) is 87.3 Å². The van der Waals surface area contributed by atoms with Crippen molar-refractivity contribution < 1.29 is 18.7 Å². The zero-order valence-electron chi connectivity index (χ0n) is 14.1. The van der Waals surface area contributed by atoms with Crippen LogP contribution < -0.4 is 5.32 Å². The van der Waals surface area contributed by atoms with Gasteiger partial charge in [0.2, 0.25) is 0 Å². The highest BCUT2D eigenvalue weighted by molar-refractivity contribution is 9.10. The molecule has 1 aromatic carbocycles. The number of aromatic amines is 1. The highest BCUT2D eigenvalue weighted by Gasteiger charge is 2.35. The second-order valence-electron chi connectivity index (χ2n) is 5.84. The monoisotopic (exact) mass is 424 g/mol. The normalized spacial score (nSPS) is 16.1. The van der Waals surface area contributed by atoms with Gasteiger partial charge in [-0.05, 0) is 12.1 Å². The van der Waals surface area contributed by atoms with Gasteiger partial charge in [-0.25, -0.2) is 14.2 Å². The van der Waals surface area contributed by atoms with Crippen LogP contribution in [-0.4, -0.2) is 47.1 Å². The maximum absolute atomic E-state index is 14.6. The molecule has 1 unspecified atom stereocenters. The molecule has 0 saturated carbocycles. The molecule has 0 aliphatic carbocycles. The highest BCUT2D eigenvalue weighted by atomic mass is 79.9. The Morgan fingerprint density at radius 3 is 3.04 bits per heavy atom. The Balaban J connectivity index is 1.86. The third-order valence-electron chi connectivity index (χ3n) is 4.28. The van der Waals surface area contributed by atoms with Gasteiger partial charge in [0.25, 0.3) is 0 Å². The molecule has 1 aliphatic heterocycles. The number of hydrogen-bond acceptors (Lipinski definition) is 4. The number of nitrogens with zero attached hydrogens (tertiary/aromatic N) is 2. The average molecular weight is 425 g/mol. The molecule has 1 aromatic heterocycles. The fraction of sp³-hybridized carbons (Fsp3) is 0.353. The van der Waals surface area contributed by atoms with Gasteiger partial charge in [0, 0.05) is 35.2 Å². The van der Waals surface area contributed by atoms with Crippen LogP contribution in [0.2, 0.25) is 0 Å². The molecular formula is C17H18BrFN4O3. The summed E-state index contributed by atoms with van der Waals surface area (Å²) in [5.41, 5.74) is 1.88. The maximum Gasteiger partial charge on any atom is 0.318 e. The Bertz CT molecular complexity index is 826. The molecule has 3 rings (SSSR count). The first kappa shape index (κ1) is 18.4. The van der Waals surface area contributed by atoms with Gasteiger partial charge in [-0.1, -0.05) is 22.0 Å². The Kier molecular flexibility index (Phi) is 5.55. The van der Waals surface area contributed by atoms with E-state index in [9.17, 15) is 14.0 Å². The third-order valence-corrected chi connectivity index (χ3v) is 4.77. The minimum absolute atomic E-state index is 0.0705. The molecule has 0 fully saturated rings. The van der Waals surface area contributed by atoms with Gasteiger partial charge < -0.3 is 19.9 Å². The van der Waals surface area contributed by atoms with E-state index in [0.717, 1.165) is 5.69 Å². The quantitative estimate of drug-likeness (QED) is 0.738. The van der Waals surface area contributed by atoms with Crippen LogP contribution in [0, 0.1) is 5.82 Å². The number of ether oxygens (including phenoxy) is 1. The van der Waals surface area contributed by atoms with E-state index in [2.05, 4.69) is 36.0 Å². The molecule has 2 amide bonds. The molecule has 2 heterocycles. The van der Waals surface area contributed by atoms with Crippen molar-refractivity contribution in [2.75, 3.05) is 20.2 Å². The van der Waals surface area contributed by atoms with Crippen LogP contribution in [-0.2, 0) is 16.0 Å². The summed E-state index contributed by atoms with van der Waals surface area (Å²) >= 11 is 3.24. The first-order valence-corrected chi connectivity index (χ1v) is 8.89. The molecule has 0 bridgehead atoms. The number of imidazole rings is 1. The average Bonchev–Trinajstić information content (AvgIpc) is 3.09. The second-order valence-corrected chi connectivity index (χ2v) is 6.75. The zero-order chi connectivity index (χ0) is 18.7. The first-order chi connectivity index (χ1) is 12.5. The van der Waals surface area contributed by atoms with Crippen LogP contribution in [0.15, 0.2) is 29.0 Å². The number of H-pyrrole nitrogens is 1. The van der Waals surface area contributed by atoms with Crippen LogP contribution in [0.1, 0.15) is 29.4 Å². The summed E-state index contributed by atoms with van der Waals surface area (Å²) in [5, 5.41) is 2.69. The number of urea groups is 1. The summed E-state index contributed by atoms with van der Waals surface area (Å²) in [6.07, 6.45) is 2.21. The maximum atomic E-state index is 14.6. The number of rotatable bonds is 4. The van der Waals surface area contributed by atoms with E-state index in [4.69, 9.17) is 0 Å². The number of halogens is 2. The molecule has 2 aromatic rings. The standard InChI is InChI=1S/C17H18BrFN4O3/c1-26-14(24)4-6-20-17(25)23-7-5-13-15(22-9-21-13)16(23)11-3-2-10(18)8-12(11)19/h2-3,8-9,16H,4-7H2,1H3,(H,20,25)(H,21,22). The Morgan fingerprint density at radius 1 is 1.50 bits per heavy atom. The van der Waals surface area contributed by atoms with E-state index in [1.165, 1.54) is 18.1 Å². The molecule has 2 N–H and O–H groups in total. The summed E-state index contributed by atoms with van der Waals surface area (Å²) in [7, 11) is 1.29. The van der Waals surface area contributed by atoms with Crippen molar-refractivity contribution in [3.05, 3.63) is 51.8 Å². The van der Waals surface area contributed by atoms with E-state index in [1.54, 1.807) is 18.5 Å². The number of amides is 2. The van der Waals surface area contributed by atoms with Crippen molar-refractivity contribution >= 4 is 27.9 Å². The van der Waals surface area contributed by atoms with Crippen molar-refractivity contribution in [1.29, 1.82) is 0 Å². The number of nitrogens with one attached hydrogen (secondary N) is 2. The number of esters is 1. The molecule has 26 heavy (non-hydrogen) atoms. The summed E-state index contributed by atoms with van der Waals surface area (Å²) in [5.74, 6) is -0.832. The number of aromatic nitrogens is 2. The minimum atomic E-state index is -0.642. The van der Waals surface area contributed by atoms with Gasteiger partial charge in [0.1, 0.15) is 11.9 Å². The molecule has 0 spiro atoms. The molecule has 9 heteroatoms. The number of carbonyl (C=O) groups excluding carboxylic acids is 2. The summed E-state index contributed by atoms with van der Waals surface area (Å²) < 4.78 is 19.8. The highest BCUT2D eigenvalue weighted by Crippen LogP contribution is 2.35. The van der Waals surface area contributed by atoms with Gasteiger partial charge in [-0.2, -0.15) is 0 Å². The predicted octanol–water partition coefficient (Wildman–Crippen LogP) is 2.53. The molecule has 0 radical (unpaired) electrons. The van der Waals surface area contributed by atoms with Crippen LogP contribution in [0.25, 0.3) is 0 Å². The smallest absolute Gasteiger partial charge is 0.318 e. The largest absolute Gasteiger partial charge is 0.469 e. The summed E-state index contributed by atoms with van der Waals surface area (Å²) in [6, 6.07) is 3.71. The van der Waals surface area contributed by atoms with E-state index in [-0.39, 0.29) is 19.0 Å². The van der Waals surface area contributed by atoms with Crippen LogP contribution in [0.4, 0.5) is 9.18 Å². The number of hydrogen-bond donors (Lipinski definition) is 2. The van der Waals surface area contributed by atoms with Crippen molar-refractivity contribution in [3.8, 4) is 0 Å². The fourth-order valence-electron chi connectivity index (χ4n) is 3.01. The first-order valence-electron chi connectivity index (χ1n) is 8.09. The third kappa shape index (κ3) is 3.72. The lowest BCUT2D eigenvalue weighted by atomic mass is 9.95. The van der Waals surface area contributed by atoms with Crippen molar-refractivity contribution in [3.63, 3.8) is 0 Å². The van der Waals surface area contributed by atoms with E-state index >= 15 is 0 Å². The summed E-state index contributed by atoms with van der Waals surface area (Å²) in [6.45, 7) is 0.546. The lowest BCUT2D eigenvalue weighted by Crippen LogP contribution is -2.46. The lowest BCUT2D eigenvalue weighted by Gasteiger charge is -2.35. The molecular weight excluding hydrogens is 407 g/mol. The van der Waals surface area contributed by atoms with E-state index in [1.807, 2.05) is 0 Å². The Hall–Kier alpha value is -2.42. The van der Waals surface area contributed by atoms with E-state index < -0.39 is 17.8 Å². The second kappa shape index (κ2) is 7.86. The number of methoxy groups -OCH3 is 1. The fourth-order valence-corrected chi connectivity index (χ4v) is 3.34. The SMILES string of the molecule is COC(=O)CCNC(=O)N1CCc2[nH]cnc2C1c1ccc(Br)cc1F. The molecule has 1 atom stereocenters. The Morgan fingerprint density at radius 2 is 2.31 bits per heavy atom. The van der Waals surface area contributed by atoms with Gasteiger partial charge in [-0.15, -0.1) is 0 Å². The zero-order valence-corrected chi connectivity index (χ0v) is 15.7. The molecule has 0 saturated heterocycles. The van der Waals surface area contributed by atoms with Gasteiger partial charge >= 0.3 is 12.0 Å². The van der Waals surface area contributed by atoms with Crippen LogP contribution in [0.5, 0.6) is 0 Å². The van der Waals surface area contributed by atoms with Crippen molar-refractivity contribution in [2.24, 2.45) is 0 Å². The molecule has 1 aliphatic rings. The van der Waals surface area contributed by atoms with Crippen LogP contribution in [0.3, 0.4) is 0 Å². The number of fused-ring (bicyclic) bond motifs is 1. The lowest BCUT2D eigenvalue weighted by molar-refractivity contribution is -0.140. The van der Waals surface area contributed by atoms with Crippen molar-refractivity contribution in [2.45, 2.75) is 18.9 Å². The minimum Gasteiger partial charge on any atom is -0.469 e. The Labute approximate surface area is 158 Å². The van der Waals surface area contributed by atoms with Gasteiger partial charge in [-0.3, -0.25) is 4.79 Å². The molecule has 7 nitrogen and oxygen atoms in total.